The summed E-state index contributed by atoms with van der Waals surface area (Å²) in [6.45, 7) is 1.26. The number of Topliss-reactive ketones (excluding diaryl/α,β-unsaturated/α-hetero) is 1. The number of thioether (sulfide) groups is 1. The van der Waals surface area contributed by atoms with E-state index in [2.05, 4.69) is 5.32 Å². The second-order valence-electron chi connectivity index (χ2n) is 6.13. The van der Waals surface area contributed by atoms with Crippen molar-refractivity contribution in [3.05, 3.63) is 47.9 Å². The first-order chi connectivity index (χ1) is 13.8. The van der Waals surface area contributed by atoms with Gasteiger partial charge in [-0.1, -0.05) is 0 Å². The van der Waals surface area contributed by atoms with Gasteiger partial charge in [0.05, 0.1) is 25.7 Å². The van der Waals surface area contributed by atoms with E-state index in [4.69, 9.17) is 13.9 Å². The molecule has 2 rings (SSSR count). The summed E-state index contributed by atoms with van der Waals surface area (Å²) in [5.41, 5.74) is 0.441. The van der Waals surface area contributed by atoms with Crippen LogP contribution in [0, 0.1) is 0 Å². The van der Waals surface area contributed by atoms with Crippen LogP contribution in [-0.4, -0.2) is 48.8 Å². The third kappa shape index (κ3) is 6.28. The largest absolute Gasteiger partial charge is 0.493 e. The number of hydrogen-bond donors (Lipinski definition) is 2. The molecule has 1 heterocycles. The van der Waals surface area contributed by atoms with Gasteiger partial charge in [-0.3, -0.25) is 9.59 Å². The van der Waals surface area contributed by atoms with E-state index in [1.807, 2.05) is 0 Å². The molecule has 2 atom stereocenters. The molecule has 0 spiro atoms. The highest BCUT2D eigenvalue weighted by Gasteiger charge is 2.25. The van der Waals surface area contributed by atoms with Gasteiger partial charge in [-0.25, -0.2) is 4.79 Å². The summed E-state index contributed by atoms with van der Waals surface area (Å²) in [5, 5.41) is 11.3. The second-order valence-corrected chi connectivity index (χ2v) is 7.36. The van der Waals surface area contributed by atoms with Crippen molar-refractivity contribution in [3.63, 3.8) is 0 Å². The van der Waals surface area contributed by atoms with Gasteiger partial charge in [-0.15, -0.1) is 11.8 Å². The van der Waals surface area contributed by atoms with E-state index in [0.29, 0.717) is 22.8 Å². The molecule has 1 aromatic heterocycles. The average Bonchev–Trinajstić information content (AvgIpc) is 3.23. The van der Waals surface area contributed by atoms with Crippen molar-refractivity contribution in [1.29, 1.82) is 0 Å². The molecule has 0 aliphatic heterocycles. The molecular formula is C20H23NO7S. The molecule has 0 aliphatic carbocycles. The molecule has 29 heavy (non-hydrogen) atoms. The number of carboxylic acid groups (broad SMARTS) is 1. The predicted octanol–water partition coefficient (Wildman–Crippen LogP) is 2.93. The zero-order valence-electron chi connectivity index (χ0n) is 16.3. The first kappa shape index (κ1) is 22.4. The van der Waals surface area contributed by atoms with E-state index in [0.717, 1.165) is 0 Å². The summed E-state index contributed by atoms with van der Waals surface area (Å²) < 4.78 is 15.9. The second kappa shape index (κ2) is 10.6. The SMILES string of the molecule is COc1ccc(C(=O)C[C@@H](SC[C@@H](NC(C)=O)C(=O)O)c2ccco2)cc1OC. The zero-order chi connectivity index (χ0) is 21.4. The maximum atomic E-state index is 12.8. The molecule has 0 saturated carbocycles. The Labute approximate surface area is 172 Å². The summed E-state index contributed by atoms with van der Waals surface area (Å²) in [7, 11) is 3.00. The predicted molar refractivity (Wildman–Crippen MR) is 108 cm³/mol. The van der Waals surface area contributed by atoms with Crippen molar-refractivity contribution in [3.8, 4) is 11.5 Å². The van der Waals surface area contributed by atoms with E-state index >= 15 is 0 Å². The number of ketones is 1. The standard InChI is InChI=1S/C20H23NO7S/c1-12(22)21-14(20(24)25)11-29-19(17-5-4-8-28-17)10-15(23)13-6-7-16(26-2)18(9-13)27-3/h4-9,14,19H,10-11H2,1-3H3,(H,21,22)(H,24,25)/t14-,19-/m1/s1. The number of carbonyl (C=O) groups excluding carboxylic acids is 2. The average molecular weight is 421 g/mol. The number of carbonyl (C=O) groups is 3. The molecule has 0 saturated heterocycles. The van der Waals surface area contributed by atoms with E-state index in [9.17, 15) is 19.5 Å². The lowest BCUT2D eigenvalue weighted by Crippen LogP contribution is -2.41. The third-order valence-electron chi connectivity index (χ3n) is 4.08. The molecular weight excluding hydrogens is 398 g/mol. The highest BCUT2D eigenvalue weighted by molar-refractivity contribution is 7.99. The van der Waals surface area contributed by atoms with Crippen LogP contribution in [0.5, 0.6) is 11.5 Å². The number of benzene rings is 1. The van der Waals surface area contributed by atoms with Gasteiger partial charge in [0.25, 0.3) is 0 Å². The minimum atomic E-state index is -1.14. The van der Waals surface area contributed by atoms with Gasteiger partial charge in [0, 0.05) is 24.7 Å². The fourth-order valence-electron chi connectivity index (χ4n) is 2.64. The molecule has 1 aromatic carbocycles. The van der Waals surface area contributed by atoms with Crippen molar-refractivity contribution in [2.45, 2.75) is 24.6 Å². The first-order valence-corrected chi connectivity index (χ1v) is 9.80. The number of aliphatic carboxylic acids is 1. The van der Waals surface area contributed by atoms with E-state index in [-0.39, 0.29) is 18.0 Å². The molecule has 8 nitrogen and oxygen atoms in total. The van der Waals surface area contributed by atoms with Gasteiger partial charge in [0.1, 0.15) is 11.8 Å². The fraction of sp³-hybridized carbons (Fsp3) is 0.350. The van der Waals surface area contributed by atoms with Crippen molar-refractivity contribution in [1.82, 2.24) is 5.32 Å². The van der Waals surface area contributed by atoms with Crippen molar-refractivity contribution >= 4 is 29.4 Å². The Balaban J connectivity index is 2.16. The number of methoxy groups -OCH3 is 2. The lowest BCUT2D eigenvalue weighted by atomic mass is 10.0. The number of furan rings is 1. The zero-order valence-corrected chi connectivity index (χ0v) is 17.2. The Hall–Kier alpha value is -2.94. The first-order valence-electron chi connectivity index (χ1n) is 8.75. The summed E-state index contributed by atoms with van der Waals surface area (Å²) in [6.07, 6.45) is 1.58. The van der Waals surface area contributed by atoms with Crippen LogP contribution >= 0.6 is 11.8 Å². The Bertz CT molecular complexity index is 851. The van der Waals surface area contributed by atoms with Crippen LogP contribution < -0.4 is 14.8 Å². The molecule has 2 N–H and O–H groups in total. The lowest BCUT2D eigenvalue weighted by molar-refractivity contribution is -0.140. The molecule has 156 valence electrons. The monoisotopic (exact) mass is 421 g/mol. The molecule has 0 unspecified atom stereocenters. The van der Waals surface area contributed by atoms with Crippen molar-refractivity contribution in [2.75, 3.05) is 20.0 Å². The van der Waals surface area contributed by atoms with E-state index in [1.54, 1.807) is 30.3 Å². The van der Waals surface area contributed by atoms with Gasteiger partial charge in [-0.05, 0) is 30.3 Å². The summed E-state index contributed by atoms with van der Waals surface area (Å²) in [5.74, 6) is -0.148. The normalized spacial score (nSPS) is 12.7. The number of hydrogen-bond acceptors (Lipinski definition) is 7. The molecule has 2 aromatic rings. The third-order valence-corrected chi connectivity index (χ3v) is 5.40. The van der Waals surface area contributed by atoms with Crippen LogP contribution in [0.4, 0.5) is 0 Å². The number of rotatable bonds is 11. The van der Waals surface area contributed by atoms with Gasteiger partial charge in [0.15, 0.2) is 17.3 Å². The van der Waals surface area contributed by atoms with Crippen LogP contribution in [0.2, 0.25) is 0 Å². The minimum absolute atomic E-state index is 0.0828. The highest BCUT2D eigenvalue weighted by atomic mass is 32.2. The van der Waals surface area contributed by atoms with E-state index < -0.39 is 23.2 Å². The molecule has 0 bridgehead atoms. The summed E-state index contributed by atoms with van der Waals surface area (Å²) in [6, 6.07) is 7.26. The maximum absolute atomic E-state index is 12.8. The maximum Gasteiger partial charge on any atom is 0.327 e. The molecule has 1 amide bonds. The van der Waals surface area contributed by atoms with Crippen LogP contribution in [0.1, 0.15) is 34.7 Å². The lowest BCUT2D eigenvalue weighted by Gasteiger charge is -2.18. The Morgan fingerprint density at radius 2 is 1.90 bits per heavy atom. The van der Waals surface area contributed by atoms with Crippen molar-refractivity contribution in [2.24, 2.45) is 0 Å². The Morgan fingerprint density at radius 1 is 1.17 bits per heavy atom. The fourth-order valence-corrected chi connectivity index (χ4v) is 3.86. The van der Waals surface area contributed by atoms with Crippen LogP contribution in [0.25, 0.3) is 0 Å². The summed E-state index contributed by atoms with van der Waals surface area (Å²) >= 11 is 1.23. The van der Waals surface area contributed by atoms with E-state index in [1.165, 1.54) is 39.2 Å². The number of nitrogens with one attached hydrogen (secondary N) is 1. The van der Waals surface area contributed by atoms with Gasteiger partial charge in [0.2, 0.25) is 5.91 Å². The van der Waals surface area contributed by atoms with Gasteiger partial charge in [-0.2, -0.15) is 0 Å². The quantitative estimate of drug-likeness (QED) is 0.532. The molecule has 0 radical (unpaired) electrons. The van der Waals surface area contributed by atoms with Crippen LogP contribution in [0.3, 0.4) is 0 Å². The van der Waals surface area contributed by atoms with Crippen LogP contribution in [-0.2, 0) is 9.59 Å². The van der Waals surface area contributed by atoms with Gasteiger partial charge >= 0.3 is 5.97 Å². The highest BCUT2D eigenvalue weighted by Crippen LogP contribution is 2.35. The number of carboxylic acids is 1. The smallest absolute Gasteiger partial charge is 0.327 e. The number of amides is 1. The Kier molecular flexibility index (Phi) is 8.14. The molecule has 0 aliphatic rings. The number of ether oxygens (including phenoxy) is 2. The molecule has 9 heteroatoms. The Morgan fingerprint density at radius 3 is 2.45 bits per heavy atom. The summed E-state index contributed by atoms with van der Waals surface area (Å²) in [4.78, 5) is 35.4. The topological polar surface area (TPSA) is 115 Å². The van der Waals surface area contributed by atoms with Crippen LogP contribution in [0.15, 0.2) is 41.0 Å². The van der Waals surface area contributed by atoms with Crippen molar-refractivity contribution < 1.29 is 33.4 Å². The van der Waals surface area contributed by atoms with Gasteiger partial charge < -0.3 is 24.3 Å². The molecule has 0 fully saturated rings. The minimum Gasteiger partial charge on any atom is -0.493 e.